The van der Waals surface area contributed by atoms with Crippen molar-refractivity contribution in [1.82, 2.24) is 14.7 Å². The van der Waals surface area contributed by atoms with Crippen LogP contribution >= 0.6 is 0 Å². The van der Waals surface area contributed by atoms with Crippen LogP contribution in [0.3, 0.4) is 0 Å². The molecule has 114 valence electrons. The third kappa shape index (κ3) is 3.36. The molecule has 1 saturated carbocycles. The van der Waals surface area contributed by atoms with E-state index in [1.54, 1.807) is 7.11 Å². The molecule has 2 aromatic rings. The fourth-order valence-corrected chi connectivity index (χ4v) is 2.58. The van der Waals surface area contributed by atoms with Crippen LogP contribution in [-0.4, -0.2) is 42.7 Å². The van der Waals surface area contributed by atoms with Crippen molar-refractivity contribution in [2.45, 2.75) is 31.8 Å². The molecule has 0 atom stereocenters. The Morgan fingerprint density at radius 1 is 1.43 bits per heavy atom. The van der Waals surface area contributed by atoms with Gasteiger partial charge in [0.2, 0.25) is 0 Å². The number of nitrogens with zero attached hydrogens (tertiary/aromatic N) is 3. The molecule has 0 aromatic carbocycles. The molecule has 1 fully saturated rings. The van der Waals surface area contributed by atoms with E-state index >= 15 is 0 Å². The van der Waals surface area contributed by atoms with Crippen LogP contribution in [0.25, 0.3) is 5.65 Å². The predicted octanol–water partition coefficient (Wildman–Crippen LogP) is 2.06. The molecule has 1 N–H and O–H groups in total. The van der Waals surface area contributed by atoms with Gasteiger partial charge >= 0.3 is 0 Å². The van der Waals surface area contributed by atoms with E-state index in [0.29, 0.717) is 6.04 Å². The van der Waals surface area contributed by atoms with Gasteiger partial charge in [-0.3, -0.25) is 0 Å². The fourth-order valence-electron chi connectivity index (χ4n) is 2.58. The van der Waals surface area contributed by atoms with Crippen molar-refractivity contribution in [3.05, 3.63) is 30.1 Å². The first-order chi connectivity index (χ1) is 10.3. The number of aromatic nitrogens is 2. The first-order valence-electron chi connectivity index (χ1n) is 7.69. The Hall–Kier alpha value is -1.59. The summed E-state index contributed by atoms with van der Waals surface area (Å²) < 4.78 is 7.33. The largest absolute Gasteiger partial charge is 0.385 e. The Morgan fingerprint density at radius 3 is 3.05 bits per heavy atom. The van der Waals surface area contributed by atoms with Crippen LogP contribution in [0.2, 0.25) is 0 Å². The van der Waals surface area contributed by atoms with E-state index in [2.05, 4.69) is 40.0 Å². The Labute approximate surface area is 125 Å². The first kappa shape index (κ1) is 14.4. The molecule has 0 aliphatic heterocycles. The summed E-state index contributed by atoms with van der Waals surface area (Å²) in [6, 6.07) is 6.86. The van der Waals surface area contributed by atoms with E-state index in [9.17, 15) is 0 Å². The summed E-state index contributed by atoms with van der Waals surface area (Å²) in [7, 11) is 3.86. The average Bonchev–Trinajstić information content (AvgIpc) is 3.25. The van der Waals surface area contributed by atoms with Crippen LogP contribution in [0.5, 0.6) is 0 Å². The van der Waals surface area contributed by atoms with Gasteiger partial charge in [-0.15, -0.1) is 0 Å². The zero-order valence-corrected chi connectivity index (χ0v) is 12.9. The summed E-state index contributed by atoms with van der Waals surface area (Å²) in [4.78, 5) is 7.03. The number of imidazole rings is 1. The fraction of sp³-hybridized carbons (Fsp3) is 0.562. The lowest BCUT2D eigenvalue weighted by atomic mass is 10.3. The quantitative estimate of drug-likeness (QED) is 0.755. The van der Waals surface area contributed by atoms with Gasteiger partial charge in [-0.2, -0.15) is 0 Å². The number of hydrogen-bond acceptors (Lipinski definition) is 4. The van der Waals surface area contributed by atoms with Gasteiger partial charge in [0.05, 0.1) is 5.69 Å². The van der Waals surface area contributed by atoms with Gasteiger partial charge in [-0.05, 0) is 31.4 Å². The molecule has 0 amide bonds. The maximum atomic E-state index is 5.14. The predicted molar refractivity (Wildman–Crippen MR) is 84.8 cm³/mol. The number of methoxy groups -OCH3 is 1. The summed E-state index contributed by atoms with van der Waals surface area (Å²) in [6.07, 6.45) is 5.71. The minimum absolute atomic E-state index is 0.700. The van der Waals surface area contributed by atoms with E-state index in [4.69, 9.17) is 9.72 Å². The molecular formula is C16H24N4O. The lowest BCUT2D eigenvalue weighted by Crippen LogP contribution is -2.24. The lowest BCUT2D eigenvalue weighted by molar-refractivity contribution is 0.196. The van der Waals surface area contributed by atoms with E-state index in [-0.39, 0.29) is 0 Å². The second-order valence-corrected chi connectivity index (χ2v) is 5.73. The minimum Gasteiger partial charge on any atom is -0.385 e. The van der Waals surface area contributed by atoms with Crippen molar-refractivity contribution < 1.29 is 4.74 Å². The maximum absolute atomic E-state index is 5.14. The summed E-state index contributed by atoms with van der Waals surface area (Å²) in [5.41, 5.74) is 2.26. The van der Waals surface area contributed by atoms with Gasteiger partial charge in [-0.1, -0.05) is 6.07 Å². The molecule has 0 radical (unpaired) electrons. The number of nitrogens with one attached hydrogen (secondary N) is 1. The van der Waals surface area contributed by atoms with Gasteiger partial charge in [0.15, 0.2) is 5.82 Å². The molecule has 3 rings (SSSR count). The molecule has 21 heavy (non-hydrogen) atoms. The lowest BCUT2D eigenvalue weighted by Gasteiger charge is -2.18. The summed E-state index contributed by atoms with van der Waals surface area (Å²) in [5, 5.41) is 3.60. The standard InChI is InChI=1S/C16H24N4O/c1-19(9-5-11-21-2)16-14(12-17-13-7-8-13)20-10-4-3-6-15(20)18-16/h3-4,6,10,13,17H,5,7-9,11-12H2,1-2H3. The highest BCUT2D eigenvalue weighted by molar-refractivity contribution is 5.55. The summed E-state index contributed by atoms with van der Waals surface area (Å²) in [6.45, 7) is 2.61. The first-order valence-corrected chi connectivity index (χ1v) is 7.69. The monoisotopic (exact) mass is 288 g/mol. The third-order valence-corrected chi connectivity index (χ3v) is 3.95. The normalized spacial score (nSPS) is 14.8. The van der Waals surface area contributed by atoms with Crippen LogP contribution in [0.15, 0.2) is 24.4 Å². The molecule has 1 aliphatic carbocycles. The smallest absolute Gasteiger partial charge is 0.152 e. The second-order valence-electron chi connectivity index (χ2n) is 5.73. The van der Waals surface area contributed by atoms with Crippen LogP contribution < -0.4 is 10.2 Å². The Bertz CT molecular complexity index is 591. The SMILES string of the molecule is COCCCN(C)c1nc2ccccn2c1CNC1CC1. The van der Waals surface area contributed by atoms with Gasteiger partial charge in [-0.25, -0.2) is 4.98 Å². The van der Waals surface area contributed by atoms with Gasteiger partial charge in [0.1, 0.15) is 5.65 Å². The Kier molecular flexibility index (Phi) is 4.41. The molecule has 5 heteroatoms. The minimum atomic E-state index is 0.700. The van der Waals surface area contributed by atoms with E-state index < -0.39 is 0 Å². The van der Waals surface area contributed by atoms with Crippen molar-refractivity contribution in [3.63, 3.8) is 0 Å². The number of hydrogen-bond donors (Lipinski definition) is 1. The average molecular weight is 288 g/mol. The van der Waals surface area contributed by atoms with E-state index in [0.717, 1.165) is 37.6 Å². The van der Waals surface area contributed by atoms with Gasteiger partial charge < -0.3 is 19.4 Å². The molecule has 2 aromatic heterocycles. The number of pyridine rings is 1. The number of rotatable bonds is 8. The van der Waals surface area contributed by atoms with Gasteiger partial charge in [0, 0.05) is 46.1 Å². The molecule has 0 unspecified atom stereocenters. The molecule has 0 saturated heterocycles. The van der Waals surface area contributed by atoms with Crippen LogP contribution in [0.4, 0.5) is 5.82 Å². The second kappa shape index (κ2) is 6.45. The highest BCUT2D eigenvalue weighted by atomic mass is 16.5. The molecular weight excluding hydrogens is 264 g/mol. The summed E-state index contributed by atoms with van der Waals surface area (Å²) >= 11 is 0. The van der Waals surface area contributed by atoms with E-state index in [1.807, 2.05) is 6.07 Å². The van der Waals surface area contributed by atoms with Crippen molar-refractivity contribution in [3.8, 4) is 0 Å². The van der Waals surface area contributed by atoms with Crippen LogP contribution in [-0.2, 0) is 11.3 Å². The highest BCUT2D eigenvalue weighted by Crippen LogP contribution is 2.24. The third-order valence-electron chi connectivity index (χ3n) is 3.95. The number of anilines is 1. The van der Waals surface area contributed by atoms with Crippen LogP contribution in [0.1, 0.15) is 25.0 Å². The van der Waals surface area contributed by atoms with Crippen LogP contribution in [0, 0.1) is 0 Å². The van der Waals surface area contributed by atoms with Crippen molar-refractivity contribution >= 4 is 11.5 Å². The molecule has 0 bridgehead atoms. The Balaban J connectivity index is 1.82. The molecule has 2 heterocycles. The molecule has 0 spiro atoms. The van der Waals surface area contributed by atoms with Crippen molar-refractivity contribution in [2.24, 2.45) is 0 Å². The molecule has 5 nitrogen and oxygen atoms in total. The number of fused-ring (bicyclic) bond motifs is 1. The zero-order valence-electron chi connectivity index (χ0n) is 12.9. The number of ether oxygens (including phenoxy) is 1. The molecule has 1 aliphatic rings. The topological polar surface area (TPSA) is 41.8 Å². The zero-order chi connectivity index (χ0) is 14.7. The maximum Gasteiger partial charge on any atom is 0.152 e. The Morgan fingerprint density at radius 2 is 2.29 bits per heavy atom. The highest BCUT2D eigenvalue weighted by Gasteiger charge is 2.22. The summed E-state index contributed by atoms with van der Waals surface area (Å²) in [5.74, 6) is 1.07. The van der Waals surface area contributed by atoms with Crippen molar-refractivity contribution in [2.75, 3.05) is 32.2 Å². The van der Waals surface area contributed by atoms with Crippen molar-refractivity contribution in [1.29, 1.82) is 0 Å². The van der Waals surface area contributed by atoms with Gasteiger partial charge in [0.25, 0.3) is 0 Å². The van der Waals surface area contributed by atoms with E-state index in [1.165, 1.54) is 18.5 Å².